The molecule has 0 aliphatic heterocycles. The Balaban J connectivity index is 2.03. The van der Waals surface area contributed by atoms with Crippen molar-refractivity contribution in [1.29, 1.82) is 0 Å². The van der Waals surface area contributed by atoms with E-state index in [0.29, 0.717) is 18.4 Å². The number of quaternary nitrogens is 1. The van der Waals surface area contributed by atoms with Gasteiger partial charge < -0.3 is 10.6 Å². The highest BCUT2D eigenvalue weighted by atomic mass is 16.1. The molecule has 2 aromatic rings. The van der Waals surface area contributed by atoms with Crippen LogP contribution in [0.5, 0.6) is 0 Å². The third kappa shape index (κ3) is 5.19. The third-order valence-electron chi connectivity index (χ3n) is 5.55. The summed E-state index contributed by atoms with van der Waals surface area (Å²) in [5.74, 6) is 1.03. The van der Waals surface area contributed by atoms with E-state index in [2.05, 4.69) is 67.7 Å². The number of hydrogen-bond donors (Lipinski definition) is 2. The minimum absolute atomic E-state index is 0.0103. The number of amides is 1. The van der Waals surface area contributed by atoms with Crippen molar-refractivity contribution in [2.24, 2.45) is 13.0 Å². The zero-order valence-electron chi connectivity index (χ0n) is 17.8. The molecule has 2 rings (SSSR count). The molecular weight excluding hydrogens is 336 g/mol. The van der Waals surface area contributed by atoms with Crippen LogP contribution in [0.3, 0.4) is 0 Å². The van der Waals surface area contributed by atoms with Crippen molar-refractivity contribution in [3.8, 4) is 0 Å². The van der Waals surface area contributed by atoms with Crippen LogP contribution in [0, 0.1) is 19.8 Å². The van der Waals surface area contributed by atoms with E-state index in [1.807, 2.05) is 20.9 Å². The van der Waals surface area contributed by atoms with Gasteiger partial charge in [-0.25, -0.2) is 0 Å². The highest BCUT2D eigenvalue weighted by Gasteiger charge is 2.21. The summed E-state index contributed by atoms with van der Waals surface area (Å²) in [6.07, 6.45) is 1.15. The topological polar surface area (TPSA) is 63.5 Å². The van der Waals surface area contributed by atoms with E-state index in [4.69, 9.17) is 0 Å². The van der Waals surface area contributed by atoms with Crippen molar-refractivity contribution in [1.82, 2.24) is 9.78 Å². The second-order valence-corrected chi connectivity index (χ2v) is 7.90. The normalized spacial score (nSPS) is 13.6. The number of rotatable bonds is 8. The molecule has 5 nitrogen and oxygen atoms in total. The molecule has 0 saturated heterocycles. The zero-order chi connectivity index (χ0) is 20.1. The minimum Gasteiger partial charge on any atom is -0.332 e. The predicted octanol–water partition coefficient (Wildman–Crippen LogP) is 3.45. The van der Waals surface area contributed by atoms with Crippen LogP contribution in [-0.2, 0) is 11.8 Å². The van der Waals surface area contributed by atoms with Crippen LogP contribution in [0.2, 0.25) is 0 Å². The van der Waals surface area contributed by atoms with Crippen LogP contribution in [0.1, 0.15) is 68.6 Å². The molecule has 0 aliphatic carbocycles. The van der Waals surface area contributed by atoms with Gasteiger partial charge in [0.1, 0.15) is 6.04 Å². The molecule has 0 aliphatic rings. The lowest BCUT2D eigenvalue weighted by atomic mass is 9.92. The van der Waals surface area contributed by atoms with Crippen LogP contribution in [0.4, 0.5) is 5.69 Å². The van der Waals surface area contributed by atoms with Crippen molar-refractivity contribution in [2.45, 2.75) is 59.9 Å². The van der Waals surface area contributed by atoms with Gasteiger partial charge in [-0.1, -0.05) is 52.0 Å². The van der Waals surface area contributed by atoms with E-state index < -0.39 is 0 Å². The summed E-state index contributed by atoms with van der Waals surface area (Å²) in [4.78, 5) is 12.5. The summed E-state index contributed by atoms with van der Waals surface area (Å²) < 4.78 is 1.80. The maximum absolute atomic E-state index is 12.5. The Hall–Kier alpha value is -2.14. The number of nitrogens with zero attached hydrogens (tertiary/aromatic N) is 2. The molecule has 1 aromatic carbocycles. The molecule has 27 heavy (non-hydrogen) atoms. The predicted molar refractivity (Wildman–Crippen MR) is 111 cm³/mol. The highest BCUT2D eigenvalue weighted by molar-refractivity contribution is 5.92. The van der Waals surface area contributed by atoms with Crippen molar-refractivity contribution in [2.75, 3.05) is 11.9 Å². The van der Waals surface area contributed by atoms with Gasteiger partial charge in [0, 0.05) is 18.5 Å². The van der Waals surface area contributed by atoms with E-state index in [1.165, 1.54) is 11.1 Å². The summed E-state index contributed by atoms with van der Waals surface area (Å²) in [6.45, 7) is 13.2. The number of aryl methyl sites for hydroxylation is 2. The quantitative estimate of drug-likeness (QED) is 0.746. The number of nitrogens with one attached hydrogen (secondary N) is 1. The lowest BCUT2D eigenvalue weighted by Crippen LogP contribution is -2.88. The Morgan fingerprint density at radius 3 is 2.22 bits per heavy atom. The number of aromatic nitrogens is 2. The molecule has 0 radical (unpaired) electrons. The van der Waals surface area contributed by atoms with Gasteiger partial charge >= 0.3 is 0 Å². The van der Waals surface area contributed by atoms with Crippen LogP contribution < -0.4 is 10.6 Å². The lowest BCUT2D eigenvalue weighted by Gasteiger charge is -2.20. The summed E-state index contributed by atoms with van der Waals surface area (Å²) in [5, 5.41) is 9.52. The van der Waals surface area contributed by atoms with Crippen molar-refractivity contribution < 1.29 is 10.1 Å². The molecule has 1 amide bonds. The number of nitrogens with two attached hydrogens (primary N) is 1. The monoisotopic (exact) mass is 371 g/mol. The van der Waals surface area contributed by atoms with Crippen LogP contribution in [0.15, 0.2) is 24.3 Å². The van der Waals surface area contributed by atoms with E-state index in [9.17, 15) is 4.79 Å². The second-order valence-electron chi connectivity index (χ2n) is 7.90. The standard InChI is InChI=1S/C22H34N4O/c1-8-15(4)18-9-11-19(12-10-18)21(14(2)3)23-13-20(27)24-22-16(5)25-26(7)17(22)6/h9-12,14-15,21,23H,8,13H2,1-7H3,(H,24,27)/p+1/t15-,21+/m0/s1. The third-order valence-corrected chi connectivity index (χ3v) is 5.55. The van der Waals surface area contributed by atoms with Crippen molar-refractivity contribution >= 4 is 11.6 Å². The Labute approximate surface area is 163 Å². The molecule has 2 atom stereocenters. The van der Waals surface area contributed by atoms with Crippen LogP contribution in [0.25, 0.3) is 0 Å². The minimum atomic E-state index is 0.0103. The van der Waals surface area contributed by atoms with Gasteiger partial charge in [0.2, 0.25) is 0 Å². The van der Waals surface area contributed by atoms with Gasteiger partial charge in [-0.05, 0) is 31.7 Å². The second kappa shape index (κ2) is 9.18. The van der Waals surface area contributed by atoms with E-state index in [0.717, 1.165) is 23.5 Å². The first kappa shape index (κ1) is 21.2. The zero-order valence-corrected chi connectivity index (χ0v) is 17.8. The molecule has 148 valence electrons. The number of benzene rings is 1. The smallest absolute Gasteiger partial charge is 0.279 e. The van der Waals surface area contributed by atoms with Crippen LogP contribution in [-0.4, -0.2) is 22.2 Å². The molecule has 0 spiro atoms. The molecule has 3 N–H and O–H groups in total. The fraction of sp³-hybridized carbons (Fsp3) is 0.545. The first-order valence-electron chi connectivity index (χ1n) is 9.97. The van der Waals surface area contributed by atoms with E-state index in [1.54, 1.807) is 4.68 Å². The Kier molecular flexibility index (Phi) is 7.19. The number of carbonyl (C=O) groups excluding carboxylic acids is 1. The Morgan fingerprint density at radius 1 is 1.15 bits per heavy atom. The SMILES string of the molecule is CC[C@H](C)c1ccc([C@H]([NH2+]CC(=O)Nc2c(C)nn(C)c2C)C(C)C)cc1. The summed E-state index contributed by atoms with van der Waals surface area (Å²) in [7, 11) is 1.89. The largest absolute Gasteiger partial charge is 0.332 e. The summed E-state index contributed by atoms with van der Waals surface area (Å²) in [6, 6.07) is 9.16. The molecule has 0 bridgehead atoms. The first-order chi connectivity index (χ1) is 12.7. The highest BCUT2D eigenvalue weighted by Crippen LogP contribution is 2.23. The fourth-order valence-electron chi connectivity index (χ4n) is 3.45. The Bertz CT molecular complexity index is 761. The van der Waals surface area contributed by atoms with Gasteiger partial charge in [-0.3, -0.25) is 9.48 Å². The van der Waals surface area contributed by atoms with Gasteiger partial charge in [-0.15, -0.1) is 0 Å². The van der Waals surface area contributed by atoms with Gasteiger partial charge in [0.05, 0.1) is 17.1 Å². The molecule has 5 heteroatoms. The molecular formula is C22H35N4O+. The molecule has 1 heterocycles. The Morgan fingerprint density at radius 2 is 1.74 bits per heavy atom. The first-order valence-corrected chi connectivity index (χ1v) is 9.97. The fourth-order valence-corrected chi connectivity index (χ4v) is 3.45. The van der Waals surface area contributed by atoms with Crippen molar-refractivity contribution in [3.05, 3.63) is 46.8 Å². The maximum Gasteiger partial charge on any atom is 0.279 e. The summed E-state index contributed by atoms with van der Waals surface area (Å²) in [5.41, 5.74) is 5.31. The van der Waals surface area contributed by atoms with Gasteiger partial charge in [0.25, 0.3) is 5.91 Å². The number of hydrogen-bond acceptors (Lipinski definition) is 2. The van der Waals surface area contributed by atoms with E-state index in [-0.39, 0.29) is 11.9 Å². The number of anilines is 1. The van der Waals surface area contributed by atoms with Crippen LogP contribution >= 0.6 is 0 Å². The van der Waals surface area contributed by atoms with Gasteiger partial charge in [-0.2, -0.15) is 5.10 Å². The maximum atomic E-state index is 12.5. The molecule has 0 saturated carbocycles. The molecule has 0 unspecified atom stereocenters. The van der Waals surface area contributed by atoms with Crippen molar-refractivity contribution in [3.63, 3.8) is 0 Å². The molecule has 0 fully saturated rings. The summed E-state index contributed by atoms with van der Waals surface area (Å²) >= 11 is 0. The van der Waals surface area contributed by atoms with E-state index >= 15 is 0 Å². The average Bonchev–Trinajstić information content (AvgIpc) is 2.87. The van der Waals surface area contributed by atoms with Gasteiger partial charge in [0.15, 0.2) is 6.54 Å². The average molecular weight is 372 g/mol. The molecule has 1 aromatic heterocycles. The number of carbonyl (C=O) groups is 1. The lowest BCUT2D eigenvalue weighted by molar-refractivity contribution is -0.692.